The Labute approximate surface area is 491 Å². The minimum absolute atomic E-state index is 0.0172. The van der Waals surface area contributed by atoms with Crippen LogP contribution in [-0.4, -0.2) is 35.0 Å². The summed E-state index contributed by atoms with van der Waals surface area (Å²) in [5.41, 5.74) is 3.62. The molecule has 0 radical (unpaired) electrons. The summed E-state index contributed by atoms with van der Waals surface area (Å²) in [5, 5.41) is 30.2. The van der Waals surface area contributed by atoms with Crippen molar-refractivity contribution in [3.05, 3.63) is 247 Å². The van der Waals surface area contributed by atoms with E-state index in [-0.39, 0.29) is 27.0 Å². The molecule has 406 valence electrons. The van der Waals surface area contributed by atoms with E-state index in [0.717, 1.165) is 40.1 Å². The van der Waals surface area contributed by atoms with Crippen LogP contribution in [0.4, 0.5) is 22.7 Å². The fourth-order valence-electron chi connectivity index (χ4n) is 6.75. The van der Waals surface area contributed by atoms with Crippen LogP contribution in [0.25, 0.3) is 0 Å². The van der Waals surface area contributed by atoms with Crippen molar-refractivity contribution in [1.82, 2.24) is 0 Å². The first-order valence-corrected chi connectivity index (χ1v) is 34.8. The van der Waals surface area contributed by atoms with Gasteiger partial charge in [0.1, 0.15) is 51.2 Å². The number of halogens is 2. The molecule has 0 atom stereocenters. The highest BCUT2D eigenvalue weighted by atomic mass is 35.5. The highest BCUT2D eigenvalue weighted by Crippen LogP contribution is 3.04. The summed E-state index contributed by atoms with van der Waals surface area (Å²) in [5.74, 6) is 2.65. The zero-order valence-corrected chi connectivity index (χ0v) is 49.7. The molecule has 1 heterocycles. The summed E-state index contributed by atoms with van der Waals surface area (Å²) < 4.78 is 18.5. The summed E-state index contributed by atoms with van der Waals surface area (Å²) in [6.45, 7) is 0.932. The Balaban J connectivity index is 0.000000167. The van der Waals surface area contributed by atoms with Crippen LogP contribution in [0, 0.1) is 20.2 Å². The number of amides is 1. The second-order valence-electron chi connectivity index (χ2n) is 17.0. The Morgan fingerprint density at radius 3 is 1.28 bits per heavy atom. The standard InChI is InChI=1S/C20H15ClN2O4.C20H15ClN2O3S.C14H14O2P2S4.C3H6/c21-18-11-6-15(12-19(18)23(25)26)20(24)22-16-7-9-17(10-8-16)27-13-14-4-2-1-3-5-14;21-18-11-6-15(12-19(18)23(24)25)20(27)22-16-7-9-17(10-8-16)26-13-14-4-2-1-3-5-14;1-15-11-3-7-13(8-4-11)17(19)21-18(20,22-17)14-9-5-12(16-2)6-10-14;1-2-3-1/h1-12H,13H2,(H,22,24);1-12H,13H2,(H,22,27);3-10H,1-2H3;1-3H2. The van der Waals surface area contributed by atoms with Crippen LogP contribution < -0.4 is 40.2 Å². The van der Waals surface area contributed by atoms with Crippen molar-refractivity contribution in [3.63, 3.8) is 0 Å². The second-order valence-corrected chi connectivity index (χ2v) is 39.5. The number of benzene rings is 8. The maximum atomic E-state index is 12.3. The molecule has 1 amide bonds. The molecule has 8 aromatic carbocycles. The van der Waals surface area contributed by atoms with Crippen LogP contribution in [0.3, 0.4) is 0 Å². The minimum atomic E-state index is -1.66. The number of nitro groups is 2. The maximum absolute atomic E-state index is 12.3. The van der Waals surface area contributed by atoms with E-state index in [0.29, 0.717) is 35.2 Å². The van der Waals surface area contributed by atoms with Crippen LogP contribution >= 0.6 is 66.3 Å². The predicted molar refractivity (Wildman–Crippen MR) is 337 cm³/mol. The summed E-state index contributed by atoms with van der Waals surface area (Å²) in [6.07, 6.45) is 4.50. The van der Waals surface area contributed by atoms with E-state index in [1.54, 1.807) is 44.6 Å². The third-order valence-corrected chi connectivity index (χ3v) is 43.3. The average Bonchev–Trinajstić information content (AvgIpc) is 4.43. The van der Waals surface area contributed by atoms with E-state index in [2.05, 4.69) is 34.9 Å². The summed E-state index contributed by atoms with van der Waals surface area (Å²) in [4.78, 5) is 33.4. The molecule has 0 bridgehead atoms. The molecule has 13 nitrogen and oxygen atoms in total. The molecule has 1 saturated heterocycles. The van der Waals surface area contributed by atoms with Gasteiger partial charge >= 0.3 is 0 Å². The molecule has 1 aliphatic heterocycles. The Morgan fingerprint density at radius 1 is 0.532 bits per heavy atom. The van der Waals surface area contributed by atoms with Crippen molar-refractivity contribution in [2.45, 2.75) is 32.5 Å². The van der Waals surface area contributed by atoms with Crippen molar-refractivity contribution in [1.29, 1.82) is 0 Å². The number of methoxy groups -OCH3 is 2. The molecule has 10 rings (SSSR count). The topological polar surface area (TPSA) is 164 Å². The van der Waals surface area contributed by atoms with Crippen LogP contribution in [-0.2, 0) is 36.8 Å². The first-order chi connectivity index (χ1) is 38.0. The lowest BCUT2D eigenvalue weighted by Gasteiger charge is -2.40. The Hall–Kier alpha value is -6.30. The fraction of sp³-hybridized carbons (Fsp3) is 0.123. The zero-order valence-electron chi connectivity index (χ0n) is 42.3. The van der Waals surface area contributed by atoms with Crippen LogP contribution in [0.2, 0.25) is 10.0 Å². The van der Waals surface area contributed by atoms with Crippen LogP contribution in [0.5, 0.6) is 23.0 Å². The Morgan fingerprint density at radius 2 is 0.899 bits per heavy atom. The predicted octanol–water partition coefficient (Wildman–Crippen LogP) is 16.6. The fourth-order valence-corrected chi connectivity index (χ4v) is 49.6. The molecule has 0 unspecified atom stereocenters. The Bertz CT molecular complexity index is 3240. The lowest BCUT2D eigenvalue weighted by Crippen LogP contribution is -2.12. The molecule has 22 heteroatoms. The normalized spacial score (nSPS) is 15.4. The summed E-state index contributed by atoms with van der Waals surface area (Å²) in [6, 6.07) is 58.4. The number of hydrogen-bond donors (Lipinski definition) is 2. The number of anilines is 2. The van der Waals surface area contributed by atoms with Gasteiger partial charge in [-0.1, -0.05) is 167 Å². The van der Waals surface area contributed by atoms with Gasteiger partial charge in [0.05, 0.1) is 32.9 Å². The molecule has 2 fully saturated rings. The highest BCUT2D eigenvalue weighted by Gasteiger charge is 2.45. The smallest absolute Gasteiger partial charge is 0.288 e. The van der Waals surface area contributed by atoms with Gasteiger partial charge in [-0.25, -0.2) is 0 Å². The van der Waals surface area contributed by atoms with Gasteiger partial charge in [-0.15, -0.1) is 0 Å². The third-order valence-electron chi connectivity index (χ3n) is 11.1. The molecule has 2 aliphatic rings. The molecular formula is C57H50Cl2N4O9P2S5. The van der Waals surface area contributed by atoms with Gasteiger partial charge in [0.25, 0.3) is 17.3 Å². The first-order valence-electron chi connectivity index (χ1n) is 24.0. The van der Waals surface area contributed by atoms with E-state index in [4.69, 9.17) is 78.0 Å². The summed E-state index contributed by atoms with van der Waals surface area (Å²) in [7, 11) is 3.34. The second kappa shape index (κ2) is 29.2. The van der Waals surface area contributed by atoms with Crippen LogP contribution in [0.15, 0.2) is 194 Å². The number of nitrogens with zero attached hydrogens (tertiary/aromatic N) is 2. The van der Waals surface area contributed by atoms with Gasteiger partial charge in [-0.05, 0) is 126 Å². The number of rotatable bonds is 16. The van der Waals surface area contributed by atoms with Crippen LogP contribution in [0.1, 0.15) is 46.3 Å². The monoisotopic (exact) mass is 1230 g/mol. The largest absolute Gasteiger partial charge is 0.497 e. The minimum Gasteiger partial charge on any atom is -0.497 e. The highest BCUT2D eigenvalue weighted by molar-refractivity contribution is 9.48. The molecule has 2 N–H and O–H groups in total. The van der Waals surface area contributed by atoms with E-state index < -0.39 is 24.6 Å². The van der Waals surface area contributed by atoms with Gasteiger partial charge in [0.2, 0.25) is 0 Å². The summed E-state index contributed by atoms with van der Waals surface area (Å²) >= 11 is 32.4. The number of carbonyl (C=O) groups excluding carboxylic acids is 1. The number of carbonyl (C=O) groups is 1. The van der Waals surface area contributed by atoms with Gasteiger partial charge < -0.3 is 29.6 Å². The van der Waals surface area contributed by atoms with E-state index >= 15 is 0 Å². The first kappa shape index (κ1) is 60.3. The van der Waals surface area contributed by atoms with E-state index in [1.807, 2.05) is 131 Å². The lowest BCUT2D eigenvalue weighted by atomic mass is 10.2. The molecule has 0 aromatic heterocycles. The molecule has 1 saturated carbocycles. The third kappa shape index (κ3) is 18.1. The maximum Gasteiger partial charge on any atom is 0.288 e. The lowest BCUT2D eigenvalue weighted by molar-refractivity contribution is -0.384. The number of nitrogens with one attached hydrogen (secondary N) is 2. The number of nitro benzene ring substituents is 2. The number of thiocarbonyl (C=S) groups is 1. The van der Waals surface area contributed by atoms with Gasteiger partial charge in [0, 0.05) is 45.2 Å². The number of ether oxygens (including phenoxy) is 4. The van der Waals surface area contributed by atoms with E-state index in [1.165, 1.54) is 54.1 Å². The molecular weight excluding hydrogens is 1180 g/mol. The van der Waals surface area contributed by atoms with Crippen molar-refractivity contribution < 1.29 is 33.6 Å². The van der Waals surface area contributed by atoms with Gasteiger partial charge in [-0.3, -0.25) is 25.0 Å². The number of hydrogen-bond acceptors (Lipinski definition) is 14. The molecule has 0 spiro atoms. The van der Waals surface area contributed by atoms with Gasteiger partial charge in [0.15, 0.2) is 0 Å². The molecule has 1 aliphatic carbocycles. The Kier molecular flexibility index (Phi) is 22.3. The van der Waals surface area contributed by atoms with Crippen molar-refractivity contribution in [2.24, 2.45) is 0 Å². The molecule has 79 heavy (non-hydrogen) atoms. The molecule has 8 aromatic rings. The zero-order chi connectivity index (χ0) is 56.4. The van der Waals surface area contributed by atoms with Crippen molar-refractivity contribution in [3.8, 4) is 23.0 Å². The SMILES string of the molecule is C1CC1.COc1ccc(P2(=S)SP(=S)(c3ccc(OC)cc3)S2)cc1.O=C(Nc1ccc(OCc2ccccc2)cc1)c1ccc(Cl)c([N+](=O)[O-])c1.O=[N+]([O-])c1cc(C(=S)Nc2ccc(OCc3ccccc3)cc2)ccc1Cl. The van der Waals surface area contributed by atoms with Crippen molar-refractivity contribution >= 4 is 134 Å². The quantitative estimate of drug-likeness (QED) is 0.0406. The average molecular weight is 1230 g/mol. The van der Waals surface area contributed by atoms with Crippen molar-refractivity contribution in [2.75, 3.05) is 24.9 Å². The van der Waals surface area contributed by atoms with E-state index in [9.17, 15) is 25.0 Å². The van der Waals surface area contributed by atoms with Gasteiger partial charge in [-0.2, -0.15) is 0 Å².